The van der Waals surface area contributed by atoms with Gasteiger partial charge in [-0.25, -0.2) is 0 Å². The van der Waals surface area contributed by atoms with Gasteiger partial charge in [-0.15, -0.1) is 0 Å². The first kappa shape index (κ1) is 13.6. The van der Waals surface area contributed by atoms with E-state index in [0.717, 1.165) is 23.7 Å². The zero-order chi connectivity index (χ0) is 14.8. The first-order valence-electron chi connectivity index (χ1n) is 6.86. The Bertz CT molecular complexity index is 684. The maximum Gasteiger partial charge on any atom is 0.161 e. The summed E-state index contributed by atoms with van der Waals surface area (Å²) in [4.78, 5) is 0. The number of fused-ring (bicyclic) bond motifs is 1. The summed E-state index contributed by atoms with van der Waals surface area (Å²) in [6.07, 6.45) is 3.16. The molecule has 0 N–H and O–H groups in total. The van der Waals surface area contributed by atoms with E-state index in [4.69, 9.17) is 14.2 Å². The summed E-state index contributed by atoms with van der Waals surface area (Å²) in [6.45, 7) is 0. The van der Waals surface area contributed by atoms with Gasteiger partial charge in [0.2, 0.25) is 0 Å². The molecule has 2 aromatic carbocycles. The van der Waals surface area contributed by atoms with Crippen LogP contribution in [-0.4, -0.2) is 21.3 Å². The van der Waals surface area contributed by atoms with Gasteiger partial charge in [0.15, 0.2) is 11.5 Å². The van der Waals surface area contributed by atoms with Crippen LogP contribution in [0.1, 0.15) is 16.7 Å². The van der Waals surface area contributed by atoms with Crippen LogP contribution in [0.2, 0.25) is 0 Å². The average molecular weight is 282 g/mol. The SMILES string of the molecule is COc1ccc(C2=CCc3cc(OC)c(OC)cc32)cc1. The van der Waals surface area contributed by atoms with Crippen molar-refractivity contribution in [1.82, 2.24) is 0 Å². The second-order valence-electron chi connectivity index (χ2n) is 4.91. The lowest BCUT2D eigenvalue weighted by Crippen LogP contribution is -1.95. The first-order chi connectivity index (χ1) is 10.3. The molecule has 0 saturated carbocycles. The number of rotatable bonds is 4. The van der Waals surface area contributed by atoms with Gasteiger partial charge in [-0.3, -0.25) is 0 Å². The monoisotopic (exact) mass is 282 g/mol. The third kappa shape index (κ3) is 2.35. The zero-order valence-corrected chi connectivity index (χ0v) is 12.5. The van der Waals surface area contributed by atoms with E-state index >= 15 is 0 Å². The fourth-order valence-corrected chi connectivity index (χ4v) is 2.71. The van der Waals surface area contributed by atoms with E-state index in [1.165, 1.54) is 22.3 Å². The molecule has 0 saturated heterocycles. The van der Waals surface area contributed by atoms with Gasteiger partial charge in [0, 0.05) is 0 Å². The van der Waals surface area contributed by atoms with Gasteiger partial charge in [-0.2, -0.15) is 0 Å². The Kier molecular flexibility index (Phi) is 3.57. The molecule has 3 rings (SSSR count). The molecule has 0 unspecified atom stereocenters. The van der Waals surface area contributed by atoms with E-state index in [1.54, 1.807) is 21.3 Å². The largest absolute Gasteiger partial charge is 0.497 e. The summed E-state index contributed by atoms with van der Waals surface area (Å²) in [7, 11) is 5.00. The van der Waals surface area contributed by atoms with Gasteiger partial charge < -0.3 is 14.2 Å². The molecule has 0 fully saturated rings. The molecule has 0 spiro atoms. The van der Waals surface area contributed by atoms with Crippen LogP contribution in [0, 0.1) is 0 Å². The molecule has 0 aliphatic heterocycles. The summed E-state index contributed by atoms with van der Waals surface area (Å²) in [6, 6.07) is 12.2. The quantitative estimate of drug-likeness (QED) is 0.855. The second kappa shape index (κ2) is 5.52. The summed E-state index contributed by atoms with van der Waals surface area (Å²) in [5.74, 6) is 2.41. The summed E-state index contributed by atoms with van der Waals surface area (Å²) in [5, 5.41) is 0. The number of allylic oxidation sites excluding steroid dienone is 1. The Morgan fingerprint density at radius 1 is 0.810 bits per heavy atom. The average Bonchev–Trinajstić information content (AvgIpc) is 2.96. The molecule has 21 heavy (non-hydrogen) atoms. The van der Waals surface area contributed by atoms with Gasteiger partial charge in [0.25, 0.3) is 0 Å². The highest BCUT2D eigenvalue weighted by molar-refractivity contribution is 5.86. The maximum atomic E-state index is 5.41. The summed E-state index contributed by atoms with van der Waals surface area (Å²) < 4.78 is 16.0. The Labute approximate surface area is 124 Å². The van der Waals surface area contributed by atoms with Crippen molar-refractivity contribution in [2.45, 2.75) is 6.42 Å². The Hall–Kier alpha value is -2.42. The highest BCUT2D eigenvalue weighted by Gasteiger charge is 2.19. The van der Waals surface area contributed by atoms with E-state index in [0.29, 0.717) is 0 Å². The van der Waals surface area contributed by atoms with Crippen molar-refractivity contribution in [3.05, 3.63) is 59.2 Å². The van der Waals surface area contributed by atoms with Crippen molar-refractivity contribution in [1.29, 1.82) is 0 Å². The molecule has 0 aromatic heterocycles. The van der Waals surface area contributed by atoms with Crippen LogP contribution < -0.4 is 14.2 Å². The summed E-state index contributed by atoms with van der Waals surface area (Å²) in [5.41, 5.74) is 4.88. The van der Waals surface area contributed by atoms with Crippen LogP contribution in [0.25, 0.3) is 5.57 Å². The number of benzene rings is 2. The van der Waals surface area contributed by atoms with Gasteiger partial charge in [0.05, 0.1) is 21.3 Å². The van der Waals surface area contributed by atoms with Gasteiger partial charge >= 0.3 is 0 Å². The molecule has 0 amide bonds. The Morgan fingerprint density at radius 2 is 1.48 bits per heavy atom. The fraction of sp³-hybridized carbons (Fsp3) is 0.222. The Morgan fingerprint density at radius 3 is 2.10 bits per heavy atom. The van der Waals surface area contributed by atoms with Crippen LogP contribution in [0.5, 0.6) is 17.2 Å². The second-order valence-corrected chi connectivity index (χ2v) is 4.91. The van der Waals surface area contributed by atoms with E-state index < -0.39 is 0 Å². The van der Waals surface area contributed by atoms with Crippen LogP contribution in [0.4, 0.5) is 0 Å². The number of hydrogen-bond acceptors (Lipinski definition) is 3. The Balaban J connectivity index is 2.02. The van der Waals surface area contributed by atoms with E-state index in [1.807, 2.05) is 12.1 Å². The minimum atomic E-state index is 0.762. The fourth-order valence-electron chi connectivity index (χ4n) is 2.71. The normalized spacial score (nSPS) is 12.6. The molecule has 1 aliphatic rings. The van der Waals surface area contributed by atoms with Crippen LogP contribution in [-0.2, 0) is 6.42 Å². The van der Waals surface area contributed by atoms with Crippen molar-refractivity contribution >= 4 is 5.57 Å². The highest BCUT2D eigenvalue weighted by Crippen LogP contribution is 2.40. The molecule has 3 nitrogen and oxygen atoms in total. The van der Waals surface area contributed by atoms with Crippen molar-refractivity contribution < 1.29 is 14.2 Å². The molecule has 0 radical (unpaired) electrons. The minimum absolute atomic E-state index is 0.762. The predicted molar refractivity (Wildman–Crippen MR) is 83.3 cm³/mol. The molecule has 0 heterocycles. The van der Waals surface area contributed by atoms with Crippen LogP contribution >= 0.6 is 0 Å². The summed E-state index contributed by atoms with van der Waals surface area (Å²) >= 11 is 0. The van der Waals surface area contributed by atoms with Gasteiger partial charge in [0.1, 0.15) is 5.75 Å². The minimum Gasteiger partial charge on any atom is -0.497 e. The number of hydrogen-bond donors (Lipinski definition) is 0. The molecule has 3 heteroatoms. The molecule has 0 atom stereocenters. The lowest BCUT2D eigenvalue weighted by molar-refractivity contribution is 0.354. The van der Waals surface area contributed by atoms with Crippen LogP contribution in [0.15, 0.2) is 42.5 Å². The molecular weight excluding hydrogens is 264 g/mol. The number of ether oxygens (including phenoxy) is 3. The predicted octanol–water partition coefficient (Wildman–Crippen LogP) is 3.70. The molecule has 1 aliphatic carbocycles. The molecule has 2 aromatic rings. The smallest absolute Gasteiger partial charge is 0.161 e. The third-order valence-corrected chi connectivity index (χ3v) is 3.83. The first-order valence-corrected chi connectivity index (χ1v) is 6.86. The van der Waals surface area contributed by atoms with Crippen molar-refractivity contribution in [2.75, 3.05) is 21.3 Å². The molecule has 108 valence electrons. The standard InChI is InChI=1S/C18H18O3/c1-19-14-7-4-12(5-8-14)15-9-6-13-10-17(20-2)18(21-3)11-16(13)15/h4-5,7-11H,6H2,1-3H3. The van der Waals surface area contributed by atoms with Crippen molar-refractivity contribution in [3.8, 4) is 17.2 Å². The topological polar surface area (TPSA) is 27.7 Å². The third-order valence-electron chi connectivity index (χ3n) is 3.83. The molecule has 0 bridgehead atoms. The lowest BCUT2D eigenvalue weighted by Gasteiger charge is -2.12. The molecular formula is C18H18O3. The zero-order valence-electron chi connectivity index (χ0n) is 12.5. The van der Waals surface area contributed by atoms with E-state index in [-0.39, 0.29) is 0 Å². The number of methoxy groups -OCH3 is 3. The lowest BCUT2D eigenvalue weighted by atomic mass is 9.98. The van der Waals surface area contributed by atoms with Gasteiger partial charge in [-0.1, -0.05) is 18.2 Å². The van der Waals surface area contributed by atoms with Crippen LogP contribution in [0.3, 0.4) is 0 Å². The maximum absolute atomic E-state index is 5.41. The van der Waals surface area contributed by atoms with Gasteiger partial charge in [-0.05, 0) is 52.9 Å². The van der Waals surface area contributed by atoms with E-state index in [9.17, 15) is 0 Å². The highest BCUT2D eigenvalue weighted by atomic mass is 16.5. The van der Waals surface area contributed by atoms with Crippen molar-refractivity contribution in [3.63, 3.8) is 0 Å². The van der Waals surface area contributed by atoms with E-state index in [2.05, 4.69) is 30.3 Å². The van der Waals surface area contributed by atoms with Crippen molar-refractivity contribution in [2.24, 2.45) is 0 Å².